The Hall–Kier alpha value is -0.620. The lowest BCUT2D eigenvalue weighted by Crippen LogP contribution is -2.42. The normalized spacial score (nSPS) is 22.4. The number of fused-ring (bicyclic) bond motifs is 1. The second kappa shape index (κ2) is 6.89. The Morgan fingerprint density at radius 1 is 1.45 bits per heavy atom. The fraction of sp³-hybridized carbons (Fsp3) is 0.643. The van der Waals surface area contributed by atoms with Crippen molar-refractivity contribution in [2.24, 2.45) is 11.7 Å². The molecule has 1 fully saturated rings. The minimum atomic E-state index is 0. The van der Waals surface area contributed by atoms with Crippen molar-refractivity contribution >= 4 is 29.7 Å². The number of carbonyl (C=O) groups is 1. The number of halogens is 1. The van der Waals surface area contributed by atoms with Gasteiger partial charge in [0.05, 0.1) is 6.54 Å². The molecule has 3 heterocycles. The molecule has 2 aliphatic heterocycles. The molecule has 1 aromatic heterocycles. The van der Waals surface area contributed by atoms with E-state index < -0.39 is 0 Å². The van der Waals surface area contributed by atoms with E-state index in [1.807, 2.05) is 16.2 Å². The Morgan fingerprint density at radius 3 is 3.05 bits per heavy atom. The van der Waals surface area contributed by atoms with Gasteiger partial charge in [-0.2, -0.15) is 0 Å². The molecule has 0 aliphatic carbocycles. The van der Waals surface area contributed by atoms with Crippen LogP contribution in [0.15, 0.2) is 11.4 Å². The van der Waals surface area contributed by atoms with Crippen LogP contribution in [0.5, 0.6) is 0 Å². The first-order valence-corrected chi connectivity index (χ1v) is 7.89. The summed E-state index contributed by atoms with van der Waals surface area (Å²) in [5.41, 5.74) is 7.03. The van der Waals surface area contributed by atoms with Gasteiger partial charge in [0.25, 0.3) is 0 Å². The minimum absolute atomic E-state index is 0. The van der Waals surface area contributed by atoms with Gasteiger partial charge < -0.3 is 10.6 Å². The summed E-state index contributed by atoms with van der Waals surface area (Å²) >= 11 is 1.81. The third-order valence-corrected chi connectivity index (χ3v) is 5.25. The predicted octanol–water partition coefficient (Wildman–Crippen LogP) is 1.34. The van der Waals surface area contributed by atoms with Gasteiger partial charge in [-0.15, -0.1) is 23.7 Å². The molecule has 0 aromatic carbocycles. The number of thiophene rings is 1. The van der Waals surface area contributed by atoms with E-state index in [2.05, 4.69) is 16.3 Å². The Morgan fingerprint density at radius 2 is 2.30 bits per heavy atom. The standard InChI is InChI=1S/C14H21N3OS.ClH/c15-7-11-1-4-16(8-11)10-14(18)17-5-2-13-12(9-17)3-6-19-13;/h3,6,11H,1-2,4-5,7-10,15H2;1H. The molecule has 4 nitrogen and oxygen atoms in total. The molecule has 0 radical (unpaired) electrons. The van der Waals surface area contributed by atoms with Gasteiger partial charge in [0, 0.05) is 24.5 Å². The summed E-state index contributed by atoms with van der Waals surface area (Å²) in [6.07, 6.45) is 2.16. The fourth-order valence-corrected chi connectivity index (χ4v) is 3.89. The molecule has 1 unspecified atom stereocenters. The SMILES string of the molecule is Cl.NCC1CCN(CC(=O)N2CCc3sccc3C2)C1. The van der Waals surface area contributed by atoms with Gasteiger partial charge in [0.2, 0.25) is 5.91 Å². The molecule has 6 heteroatoms. The Kier molecular flexibility index (Phi) is 5.43. The van der Waals surface area contributed by atoms with Crippen LogP contribution in [-0.2, 0) is 17.8 Å². The molecular weight excluding hydrogens is 294 g/mol. The number of nitrogens with two attached hydrogens (primary N) is 1. The lowest BCUT2D eigenvalue weighted by molar-refractivity contribution is -0.133. The maximum atomic E-state index is 12.3. The van der Waals surface area contributed by atoms with Crippen LogP contribution in [0, 0.1) is 5.92 Å². The van der Waals surface area contributed by atoms with Crippen LogP contribution in [0.4, 0.5) is 0 Å². The van der Waals surface area contributed by atoms with Gasteiger partial charge in [-0.1, -0.05) is 0 Å². The Bertz CT molecular complexity index is 465. The predicted molar refractivity (Wildman–Crippen MR) is 84.3 cm³/mol. The van der Waals surface area contributed by atoms with Crippen molar-refractivity contribution in [1.82, 2.24) is 9.80 Å². The van der Waals surface area contributed by atoms with Gasteiger partial charge in [-0.05, 0) is 48.9 Å². The number of likely N-dealkylation sites (tertiary alicyclic amines) is 1. The molecule has 20 heavy (non-hydrogen) atoms. The quantitative estimate of drug-likeness (QED) is 0.915. The smallest absolute Gasteiger partial charge is 0.237 e. The first-order chi connectivity index (χ1) is 9.26. The first-order valence-electron chi connectivity index (χ1n) is 7.01. The Labute approximate surface area is 130 Å². The molecule has 2 N–H and O–H groups in total. The number of hydrogen-bond donors (Lipinski definition) is 1. The second-order valence-corrected chi connectivity index (χ2v) is 6.56. The lowest BCUT2D eigenvalue weighted by Gasteiger charge is -2.28. The summed E-state index contributed by atoms with van der Waals surface area (Å²) in [5, 5.41) is 2.13. The number of hydrogen-bond acceptors (Lipinski definition) is 4. The van der Waals surface area contributed by atoms with Crippen LogP contribution < -0.4 is 5.73 Å². The van der Waals surface area contributed by atoms with Crippen LogP contribution in [-0.4, -0.2) is 48.4 Å². The van der Waals surface area contributed by atoms with Crippen molar-refractivity contribution in [3.8, 4) is 0 Å². The van der Waals surface area contributed by atoms with Gasteiger partial charge in [0.1, 0.15) is 0 Å². The molecule has 1 aromatic rings. The van der Waals surface area contributed by atoms with Crippen molar-refractivity contribution in [2.45, 2.75) is 19.4 Å². The van der Waals surface area contributed by atoms with Crippen LogP contribution in [0.25, 0.3) is 0 Å². The summed E-state index contributed by atoms with van der Waals surface area (Å²) in [4.78, 5) is 18.0. The van der Waals surface area contributed by atoms with Crippen molar-refractivity contribution in [3.63, 3.8) is 0 Å². The number of nitrogens with zero attached hydrogens (tertiary/aromatic N) is 2. The minimum Gasteiger partial charge on any atom is -0.337 e. The maximum Gasteiger partial charge on any atom is 0.237 e. The maximum absolute atomic E-state index is 12.3. The van der Waals surface area contributed by atoms with E-state index in [0.717, 1.165) is 45.6 Å². The van der Waals surface area contributed by atoms with Crippen molar-refractivity contribution in [2.75, 3.05) is 32.7 Å². The first kappa shape index (κ1) is 15.8. The summed E-state index contributed by atoms with van der Waals surface area (Å²) < 4.78 is 0. The topological polar surface area (TPSA) is 49.6 Å². The zero-order valence-corrected chi connectivity index (χ0v) is 13.2. The van der Waals surface area contributed by atoms with E-state index in [0.29, 0.717) is 12.5 Å². The average Bonchev–Trinajstić information content (AvgIpc) is 3.05. The monoisotopic (exact) mass is 315 g/mol. The van der Waals surface area contributed by atoms with E-state index in [1.54, 1.807) is 0 Å². The van der Waals surface area contributed by atoms with Gasteiger partial charge >= 0.3 is 0 Å². The average molecular weight is 316 g/mol. The largest absolute Gasteiger partial charge is 0.337 e. The molecule has 2 aliphatic rings. The van der Waals surface area contributed by atoms with Gasteiger partial charge in [-0.25, -0.2) is 0 Å². The van der Waals surface area contributed by atoms with Crippen molar-refractivity contribution in [3.05, 3.63) is 21.9 Å². The van der Waals surface area contributed by atoms with E-state index >= 15 is 0 Å². The van der Waals surface area contributed by atoms with Crippen LogP contribution in [0.2, 0.25) is 0 Å². The fourth-order valence-electron chi connectivity index (χ4n) is 3.00. The molecular formula is C14H22ClN3OS. The number of amides is 1. The van der Waals surface area contributed by atoms with Crippen LogP contribution in [0.3, 0.4) is 0 Å². The molecule has 0 spiro atoms. The molecule has 1 saturated heterocycles. The van der Waals surface area contributed by atoms with E-state index in [1.165, 1.54) is 10.4 Å². The lowest BCUT2D eigenvalue weighted by atomic mass is 10.1. The van der Waals surface area contributed by atoms with Crippen molar-refractivity contribution in [1.29, 1.82) is 0 Å². The van der Waals surface area contributed by atoms with Gasteiger partial charge in [0.15, 0.2) is 0 Å². The van der Waals surface area contributed by atoms with Crippen LogP contribution in [0.1, 0.15) is 16.9 Å². The highest BCUT2D eigenvalue weighted by molar-refractivity contribution is 7.10. The van der Waals surface area contributed by atoms with Crippen LogP contribution >= 0.6 is 23.7 Å². The summed E-state index contributed by atoms with van der Waals surface area (Å²) in [5.74, 6) is 0.854. The van der Waals surface area contributed by atoms with E-state index in [-0.39, 0.29) is 18.3 Å². The second-order valence-electron chi connectivity index (χ2n) is 5.56. The Balaban J connectivity index is 0.00000147. The number of carbonyl (C=O) groups excluding carboxylic acids is 1. The summed E-state index contributed by atoms with van der Waals surface area (Å²) in [6, 6.07) is 2.15. The van der Waals surface area contributed by atoms with E-state index in [4.69, 9.17) is 5.73 Å². The highest BCUT2D eigenvalue weighted by Gasteiger charge is 2.26. The summed E-state index contributed by atoms with van der Waals surface area (Å²) in [7, 11) is 0. The molecule has 3 rings (SSSR count). The van der Waals surface area contributed by atoms with E-state index in [9.17, 15) is 4.79 Å². The summed E-state index contributed by atoms with van der Waals surface area (Å²) in [6.45, 7) is 4.99. The zero-order valence-electron chi connectivity index (χ0n) is 11.6. The van der Waals surface area contributed by atoms with Crippen molar-refractivity contribution < 1.29 is 4.79 Å². The molecule has 0 saturated carbocycles. The molecule has 112 valence electrons. The number of rotatable bonds is 3. The highest BCUT2D eigenvalue weighted by Crippen LogP contribution is 2.24. The third kappa shape index (κ3) is 3.34. The third-order valence-electron chi connectivity index (χ3n) is 4.22. The molecule has 0 bridgehead atoms. The van der Waals surface area contributed by atoms with Gasteiger partial charge in [-0.3, -0.25) is 9.69 Å². The zero-order chi connectivity index (χ0) is 13.2. The highest BCUT2D eigenvalue weighted by atomic mass is 35.5. The molecule has 1 atom stereocenters. The molecule has 1 amide bonds.